The number of hydrogen-bond acceptors (Lipinski definition) is 4. The van der Waals surface area contributed by atoms with Crippen LogP contribution in [0, 0.1) is 13.8 Å². The van der Waals surface area contributed by atoms with Gasteiger partial charge in [-0.2, -0.15) is 0 Å². The van der Waals surface area contributed by atoms with Crippen LogP contribution < -0.4 is 20.7 Å². The standard InChI is InChI=1S/C36H34N4O3/c1-19-9-20(2)11-26(10-19)27-14-24(17-31-35(27)37-21(3)12-33(41)39-31)25-15-28(30-16-23-7-5-6-8-29(23)38-30)36-32(18-25)40-34(42)13-22(4)43-36/h5-11,14-18,21-22,37-38H,12-13H2,1-4H3,(H,39,41)(H,40,42)/t21-,22-/m1/s1. The Morgan fingerprint density at radius 3 is 2.16 bits per heavy atom. The first-order chi connectivity index (χ1) is 20.7. The number of carbonyl (C=O) groups is 2. The molecule has 0 aliphatic carbocycles. The molecular weight excluding hydrogens is 536 g/mol. The first kappa shape index (κ1) is 26.8. The summed E-state index contributed by atoms with van der Waals surface area (Å²) in [4.78, 5) is 29.2. The summed E-state index contributed by atoms with van der Waals surface area (Å²) in [6.45, 7) is 8.13. The number of aromatic nitrogens is 1. The minimum absolute atomic E-state index is 0.0211. The van der Waals surface area contributed by atoms with Crippen molar-refractivity contribution in [3.63, 3.8) is 0 Å². The molecule has 2 amide bonds. The van der Waals surface area contributed by atoms with E-state index in [1.807, 2.05) is 44.2 Å². The second kappa shape index (κ2) is 10.3. The minimum Gasteiger partial charge on any atom is -0.487 e. The number of carbonyl (C=O) groups excluding carboxylic acids is 2. The number of nitrogens with one attached hydrogen (secondary N) is 4. The van der Waals surface area contributed by atoms with Gasteiger partial charge in [0.05, 0.1) is 29.2 Å². The fraction of sp³-hybridized carbons (Fsp3) is 0.222. The summed E-state index contributed by atoms with van der Waals surface area (Å²) in [7, 11) is 0. The molecule has 0 saturated heterocycles. The minimum atomic E-state index is -0.276. The number of H-pyrrole nitrogens is 1. The number of benzene rings is 4. The number of para-hydroxylation sites is 1. The third-order valence-corrected chi connectivity index (χ3v) is 8.14. The lowest BCUT2D eigenvalue weighted by atomic mass is 9.92. The summed E-state index contributed by atoms with van der Waals surface area (Å²) < 4.78 is 6.38. The molecule has 4 aromatic carbocycles. The van der Waals surface area contributed by atoms with E-state index in [0.717, 1.165) is 55.8 Å². The average Bonchev–Trinajstić information content (AvgIpc) is 3.23. The van der Waals surface area contributed by atoms with E-state index < -0.39 is 0 Å². The van der Waals surface area contributed by atoms with Crippen LogP contribution in [0.4, 0.5) is 17.1 Å². The second-order valence-electron chi connectivity index (χ2n) is 12.0. The molecule has 7 heteroatoms. The van der Waals surface area contributed by atoms with Gasteiger partial charge in [-0.25, -0.2) is 0 Å². The predicted octanol–water partition coefficient (Wildman–Crippen LogP) is 8.04. The first-order valence-corrected chi connectivity index (χ1v) is 14.8. The van der Waals surface area contributed by atoms with Gasteiger partial charge in [0.25, 0.3) is 0 Å². The Morgan fingerprint density at radius 1 is 0.721 bits per heavy atom. The van der Waals surface area contributed by atoms with Crippen molar-refractivity contribution in [3.8, 4) is 39.3 Å². The highest BCUT2D eigenvalue weighted by atomic mass is 16.5. The monoisotopic (exact) mass is 570 g/mol. The fourth-order valence-electron chi connectivity index (χ4n) is 6.34. The number of anilines is 3. The summed E-state index contributed by atoms with van der Waals surface area (Å²) in [6.07, 6.45) is 0.366. The van der Waals surface area contributed by atoms with Crippen molar-refractivity contribution < 1.29 is 14.3 Å². The summed E-state index contributed by atoms with van der Waals surface area (Å²) in [5.74, 6) is 0.522. The Hall–Kier alpha value is -5.04. The quantitative estimate of drug-likeness (QED) is 0.177. The highest BCUT2D eigenvalue weighted by Gasteiger charge is 2.26. The number of aromatic amines is 1. The molecule has 2 atom stereocenters. The van der Waals surface area contributed by atoms with Crippen molar-refractivity contribution in [3.05, 3.63) is 83.9 Å². The number of amides is 2. The van der Waals surface area contributed by atoms with Gasteiger partial charge in [0.15, 0.2) is 5.75 Å². The molecule has 2 aliphatic heterocycles. The summed E-state index contributed by atoms with van der Waals surface area (Å²) in [6, 6.07) is 25.0. The van der Waals surface area contributed by atoms with Gasteiger partial charge in [0, 0.05) is 34.5 Å². The van der Waals surface area contributed by atoms with E-state index >= 15 is 0 Å². The molecule has 3 heterocycles. The average molecular weight is 571 g/mol. The highest BCUT2D eigenvalue weighted by Crippen LogP contribution is 2.46. The van der Waals surface area contributed by atoms with E-state index in [4.69, 9.17) is 4.74 Å². The lowest BCUT2D eigenvalue weighted by Gasteiger charge is -2.21. The number of fused-ring (bicyclic) bond motifs is 3. The molecule has 43 heavy (non-hydrogen) atoms. The van der Waals surface area contributed by atoms with Crippen LogP contribution in [-0.2, 0) is 9.59 Å². The molecule has 1 aromatic heterocycles. The highest BCUT2D eigenvalue weighted by molar-refractivity contribution is 6.03. The fourth-order valence-corrected chi connectivity index (χ4v) is 6.34. The van der Waals surface area contributed by atoms with Crippen LogP contribution in [-0.4, -0.2) is 28.9 Å². The Morgan fingerprint density at radius 2 is 1.40 bits per heavy atom. The van der Waals surface area contributed by atoms with Crippen molar-refractivity contribution >= 4 is 39.8 Å². The lowest BCUT2D eigenvalue weighted by Crippen LogP contribution is -2.19. The van der Waals surface area contributed by atoms with E-state index in [1.54, 1.807) is 0 Å². The van der Waals surface area contributed by atoms with Gasteiger partial charge < -0.3 is 25.7 Å². The molecule has 0 saturated carbocycles. The van der Waals surface area contributed by atoms with Crippen LogP contribution in [0.3, 0.4) is 0 Å². The molecule has 2 aliphatic rings. The van der Waals surface area contributed by atoms with Gasteiger partial charge in [-0.05, 0) is 80.8 Å². The van der Waals surface area contributed by atoms with Gasteiger partial charge in [-0.15, -0.1) is 0 Å². The van der Waals surface area contributed by atoms with Gasteiger partial charge in [-0.1, -0.05) is 47.5 Å². The van der Waals surface area contributed by atoms with Gasteiger partial charge >= 0.3 is 0 Å². The zero-order chi connectivity index (χ0) is 29.8. The van der Waals surface area contributed by atoms with Crippen LogP contribution in [0.25, 0.3) is 44.4 Å². The van der Waals surface area contributed by atoms with Gasteiger partial charge in [0.2, 0.25) is 11.8 Å². The SMILES string of the molecule is Cc1cc(C)cc(-c2cc(-c3cc4c(c(-c5cc6ccccc6[nH]5)c3)O[C@H](C)CC(=O)N4)cc3c2N[C@H](C)CC(=O)N3)c1. The van der Waals surface area contributed by atoms with E-state index in [0.29, 0.717) is 17.9 Å². The number of aryl methyl sites for hydroxylation is 2. The van der Waals surface area contributed by atoms with E-state index in [-0.39, 0.29) is 30.4 Å². The molecule has 7 rings (SSSR count). The molecule has 0 spiro atoms. The smallest absolute Gasteiger partial charge is 0.228 e. The van der Waals surface area contributed by atoms with Crippen LogP contribution in [0.1, 0.15) is 37.8 Å². The van der Waals surface area contributed by atoms with E-state index in [2.05, 4.69) is 77.2 Å². The van der Waals surface area contributed by atoms with E-state index in [9.17, 15) is 9.59 Å². The Bertz CT molecular complexity index is 1890. The van der Waals surface area contributed by atoms with Crippen molar-refractivity contribution in [2.45, 2.75) is 52.7 Å². The zero-order valence-electron chi connectivity index (χ0n) is 24.7. The molecule has 0 bridgehead atoms. The topological polar surface area (TPSA) is 95.2 Å². The Kier molecular flexibility index (Phi) is 6.46. The van der Waals surface area contributed by atoms with Crippen molar-refractivity contribution in [1.82, 2.24) is 4.98 Å². The largest absolute Gasteiger partial charge is 0.487 e. The third-order valence-electron chi connectivity index (χ3n) is 8.14. The molecule has 7 nitrogen and oxygen atoms in total. The maximum Gasteiger partial charge on any atom is 0.228 e. The molecule has 5 aromatic rings. The van der Waals surface area contributed by atoms with Gasteiger partial charge in [0.1, 0.15) is 6.10 Å². The molecular formula is C36H34N4O3. The molecule has 0 unspecified atom stereocenters. The van der Waals surface area contributed by atoms with Crippen LogP contribution >= 0.6 is 0 Å². The Balaban J connectivity index is 1.48. The van der Waals surface area contributed by atoms with Crippen LogP contribution in [0.15, 0.2) is 72.8 Å². The van der Waals surface area contributed by atoms with E-state index in [1.165, 1.54) is 11.1 Å². The number of hydrogen-bond donors (Lipinski definition) is 4. The number of rotatable bonds is 3. The lowest BCUT2D eigenvalue weighted by molar-refractivity contribution is -0.117. The molecule has 216 valence electrons. The maximum atomic E-state index is 12.9. The van der Waals surface area contributed by atoms with Gasteiger partial charge in [-0.3, -0.25) is 9.59 Å². The second-order valence-corrected chi connectivity index (χ2v) is 12.0. The first-order valence-electron chi connectivity index (χ1n) is 14.8. The molecule has 4 N–H and O–H groups in total. The number of ether oxygens (including phenoxy) is 1. The summed E-state index contributed by atoms with van der Waals surface area (Å²) in [5.41, 5.74) is 11.3. The normalized spacial score (nSPS) is 18.0. The third kappa shape index (κ3) is 5.12. The Labute approximate surface area is 250 Å². The summed E-state index contributed by atoms with van der Waals surface area (Å²) >= 11 is 0. The molecule has 0 fully saturated rings. The zero-order valence-corrected chi connectivity index (χ0v) is 24.7. The predicted molar refractivity (Wildman–Crippen MR) is 174 cm³/mol. The van der Waals surface area contributed by atoms with Crippen molar-refractivity contribution in [2.24, 2.45) is 0 Å². The summed E-state index contributed by atoms with van der Waals surface area (Å²) in [5, 5.41) is 10.9. The maximum absolute atomic E-state index is 12.9. The van der Waals surface area contributed by atoms with Crippen molar-refractivity contribution in [2.75, 3.05) is 16.0 Å². The van der Waals surface area contributed by atoms with Crippen molar-refractivity contribution in [1.29, 1.82) is 0 Å². The van der Waals surface area contributed by atoms with Crippen LogP contribution in [0.5, 0.6) is 5.75 Å². The molecule has 0 radical (unpaired) electrons. The van der Waals surface area contributed by atoms with Crippen LogP contribution in [0.2, 0.25) is 0 Å².